The molecule has 0 bridgehead atoms. The van der Waals surface area contributed by atoms with Crippen LogP contribution in [0.15, 0.2) is 18.2 Å². The third-order valence-electron chi connectivity index (χ3n) is 6.71. The average molecular weight is 373 g/mol. The molecule has 0 spiro atoms. The Bertz CT molecular complexity index is 594. The molecule has 1 saturated heterocycles. The van der Waals surface area contributed by atoms with Gasteiger partial charge < -0.3 is 19.7 Å². The van der Waals surface area contributed by atoms with Gasteiger partial charge in [-0.2, -0.15) is 0 Å². The van der Waals surface area contributed by atoms with Crippen molar-refractivity contribution in [3.05, 3.63) is 18.2 Å². The first-order valence-electron chi connectivity index (χ1n) is 11.1. The summed E-state index contributed by atoms with van der Waals surface area (Å²) in [7, 11) is 1.74. The molecule has 0 radical (unpaired) electrons. The molecule has 2 saturated carbocycles. The van der Waals surface area contributed by atoms with Gasteiger partial charge in [-0.3, -0.25) is 0 Å². The monoisotopic (exact) mass is 372 g/mol. The van der Waals surface area contributed by atoms with Gasteiger partial charge in [-0.25, -0.2) is 0 Å². The van der Waals surface area contributed by atoms with Gasteiger partial charge >= 0.3 is 0 Å². The normalized spacial score (nSPS) is 24.9. The third kappa shape index (κ3) is 4.90. The predicted molar refractivity (Wildman–Crippen MR) is 111 cm³/mol. The van der Waals surface area contributed by atoms with Crippen LogP contribution in [0.4, 0.5) is 5.69 Å². The van der Waals surface area contributed by atoms with Crippen molar-refractivity contribution in [2.75, 3.05) is 31.6 Å². The number of rotatable bonds is 6. The lowest BCUT2D eigenvalue weighted by Gasteiger charge is -2.37. The minimum absolute atomic E-state index is 0.358. The summed E-state index contributed by atoms with van der Waals surface area (Å²) < 4.78 is 11.9. The first kappa shape index (κ1) is 18.9. The number of benzene rings is 1. The topological polar surface area (TPSA) is 33.7 Å². The quantitative estimate of drug-likeness (QED) is 0.780. The predicted octanol–water partition coefficient (Wildman–Crippen LogP) is 4.77. The molecule has 1 N–H and O–H groups in total. The van der Waals surface area contributed by atoms with E-state index in [1.807, 2.05) is 0 Å². The van der Waals surface area contributed by atoms with Gasteiger partial charge in [0.15, 0.2) is 11.5 Å². The fraction of sp³-hybridized carbons (Fsp3) is 0.739. The third-order valence-corrected chi connectivity index (χ3v) is 6.71. The van der Waals surface area contributed by atoms with E-state index in [4.69, 9.17) is 9.47 Å². The molecule has 4 heteroatoms. The van der Waals surface area contributed by atoms with Gasteiger partial charge in [-0.15, -0.1) is 0 Å². The summed E-state index contributed by atoms with van der Waals surface area (Å²) in [5.41, 5.74) is 1.28. The summed E-state index contributed by atoms with van der Waals surface area (Å²) in [5.74, 6) is 2.71. The molecule has 1 aromatic rings. The Morgan fingerprint density at radius 2 is 1.78 bits per heavy atom. The Labute approximate surface area is 164 Å². The van der Waals surface area contributed by atoms with Crippen LogP contribution in [0.3, 0.4) is 0 Å². The SMILES string of the molecule is COc1ccc(N2CCN[C@@H](CC3CCCCC3)C2)cc1OC1CCCC1. The highest BCUT2D eigenvalue weighted by molar-refractivity contribution is 5.57. The number of nitrogens with zero attached hydrogens (tertiary/aromatic N) is 1. The maximum Gasteiger partial charge on any atom is 0.163 e. The van der Waals surface area contributed by atoms with Crippen LogP contribution in [0.2, 0.25) is 0 Å². The van der Waals surface area contributed by atoms with E-state index in [2.05, 4.69) is 28.4 Å². The number of nitrogens with one attached hydrogen (secondary N) is 1. The van der Waals surface area contributed by atoms with Crippen molar-refractivity contribution in [2.24, 2.45) is 5.92 Å². The van der Waals surface area contributed by atoms with Gasteiger partial charge in [-0.05, 0) is 50.2 Å². The molecule has 1 aliphatic heterocycles. The molecule has 0 unspecified atom stereocenters. The van der Waals surface area contributed by atoms with Gasteiger partial charge in [0, 0.05) is 37.4 Å². The van der Waals surface area contributed by atoms with Crippen molar-refractivity contribution < 1.29 is 9.47 Å². The van der Waals surface area contributed by atoms with Gasteiger partial charge in [0.2, 0.25) is 0 Å². The highest BCUT2D eigenvalue weighted by Crippen LogP contribution is 2.36. The molecule has 1 aromatic carbocycles. The maximum absolute atomic E-state index is 6.31. The molecule has 0 amide bonds. The smallest absolute Gasteiger partial charge is 0.163 e. The highest BCUT2D eigenvalue weighted by Gasteiger charge is 2.25. The van der Waals surface area contributed by atoms with Crippen molar-refractivity contribution in [1.29, 1.82) is 0 Å². The van der Waals surface area contributed by atoms with Crippen LogP contribution >= 0.6 is 0 Å². The summed E-state index contributed by atoms with van der Waals surface area (Å²) in [5, 5.41) is 3.76. The van der Waals surface area contributed by atoms with Crippen LogP contribution in [0.5, 0.6) is 11.5 Å². The molecule has 2 aliphatic carbocycles. The molecule has 4 nitrogen and oxygen atoms in total. The summed E-state index contributed by atoms with van der Waals surface area (Å²) in [6.45, 7) is 3.24. The van der Waals surface area contributed by atoms with Crippen LogP contribution in [0.1, 0.15) is 64.2 Å². The second kappa shape index (κ2) is 9.18. The van der Waals surface area contributed by atoms with Crippen molar-refractivity contribution in [3.8, 4) is 11.5 Å². The number of hydrogen-bond acceptors (Lipinski definition) is 4. The first-order chi connectivity index (χ1) is 13.3. The fourth-order valence-corrected chi connectivity index (χ4v) is 5.18. The zero-order chi connectivity index (χ0) is 18.5. The average Bonchev–Trinajstić information content (AvgIpc) is 3.22. The van der Waals surface area contributed by atoms with Crippen LogP contribution in [-0.4, -0.2) is 38.9 Å². The van der Waals surface area contributed by atoms with Crippen LogP contribution in [0.25, 0.3) is 0 Å². The van der Waals surface area contributed by atoms with E-state index in [0.29, 0.717) is 12.1 Å². The molecule has 27 heavy (non-hydrogen) atoms. The fourth-order valence-electron chi connectivity index (χ4n) is 5.18. The Kier molecular flexibility index (Phi) is 6.43. The van der Waals surface area contributed by atoms with Gasteiger partial charge in [0.1, 0.15) is 0 Å². The van der Waals surface area contributed by atoms with Gasteiger partial charge in [0.05, 0.1) is 13.2 Å². The lowest BCUT2D eigenvalue weighted by molar-refractivity contribution is 0.201. The largest absolute Gasteiger partial charge is 0.493 e. The minimum atomic E-state index is 0.358. The summed E-state index contributed by atoms with van der Waals surface area (Å²) in [6, 6.07) is 7.10. The summed E-state index contributed by atoms with van der Waals surface area (Å²) in [6.07, 6.45) is 13.8. The van der Waals surface area contributed by atoms with Crippen LogP contribution < -0.4 is 19.7 Å². The van der Waals surface area contributed by atoms with Gasteiger partial charge in [0.25, 0.3) is 0 Å². The summed E-state index contributed by atoms with van der Waals surface area (Å²) in [4.78, 5) is 2.53. The molecule has 0 aromatic heterocycles. The van der Waals surface area contributed by atoms with E-state index in [1.54, 1.807) is 7.11 Å². The Morgan fingerprint density at radius 3 is 2.56 bits per heavy atom. The van der Waals surface area contributed by atoms with Crippen molar-refractivity contribution in [3.63, 3.8) is 0 Å². The first-order valence-corrected chi connectivity index (χ1v) is 11.1. The van der Waals surface area contributed by atoms with Crippen LogP contribution in [-0.2, 0) is 0 Å². The molecule has 3 aliphatic rings. The van der Waals surface area contributed by atoms with E-state index < -0.39 is 0 Å². The van der Waals surface area contributed by atoms with E-state index in [1.165, 1.54) is 69.9 Å². The Balaban J connectivity index is 1.41. The maximum atomic E-state index is 6.31. The molecule has 150 valence electrons. The molecule has 4 rings (SSSR count). The molecule has 1 atom stereocenters. The molecule has 3 fully saturated rings. The number of anilines is 1. The Morgan fingerprint density at radius 1 is 1.00 bits per heavy atom. The van der Waals surface area contributed by atoms with Gasteiger partial charge in [-0.1, -0.05) is 32.1 Å². The van der Waals surface area contributed by atoms with Crippen molar-refractivity contribution in [1.82, 2.24) is 5.32 Å². The highest BCUT2D eigenvalue weighted by atomic mass is 16.5. The standard InChI is InChI=1S/C23H36N2O2/c1-26-22-12-11-20(16-23(22)27-21-9-5-6-10-21)25-14-13-24-19(17-25)15-18-7-3-2-4-8-18/h11-12,16,18-19,21,24H,2-10,13-15,17H2,1H3/t19-/m0/s1. The lowest BCUT2D eigenvalue weighted by atomic mass is 9.84. The lowest BCUT2D eigenvalue weighted by Crippen LogP contribution is -2.51. The zero-order valence-corrected chi connectivity index (χ0v) is 16.9. The molecule has 1 heterocycles. The number of ether oxygens (including phenoxy) is 2. The molecular weight excluding hydrogens is 336 g/mol. The zero-order valence-electron chi connectivity index (χ0n) is 16.9. The van der Waals surface area contributed by atoms with Crippen molar-refractivity contribution >= 4 is 5.69 Å². The van der Waals surface area contributed by atoms with Crippen molar-refractivity contribution in [2.45, 2.75) is 76.4 Å². The van der Waals surface area contributed by atoms with Crippen LogP contribution in [0, 0.1) is 5.92 Å². The van der Waals surface area contributed by atoms with E-state index in [0.717, 1.165) is 37.1 Å². The number of methoxy groups -OCH3 is 1. The second-order valence-electron chi connectivity index (χ2n) is 8.70. The second-order valence-corrected chi connectivity index (χ2v) is 8.70. The Hall–Kier alpha value is -1.42. The van der Waals surface area contributed by atoms with E-state index in [-0.39, 0.29) is 0 Å². The summed E-state index contributed by atoms with van der Waals surface area (Å²) >= 11 is 0. The van der Waals surface area contributed by atoms with E-state index in [9.17, 15) is 0 Å². The number of hydrogen-bond donors (Lipinski definition) is 1. The molecular formula is C23H36N2O2. The van der Waals surface area contributed by atoms with E-state index >= 15 is 0 Å². The minimum Gasteiger partial charge on any atom is -0.493 e. The number of piperazine rings is 1.